The van der Waals surface area contributed by atoms with Crippen molar-refractivity contribution in [2.24, 2.45) is 10.2 Å². The summed E-state index contributed by atoms with van der Waals surface area (Å²) in [6, 6.07) is 0.172. The van der Waals surface area contributed by atoms with Crippen LogP contribution >= 0.6 is 0 Å². The molecule has 0 spiro atoms. The molecule has 1 heterocycles. The van der Waals surface area contributed by atoms with Gasteiger partial charge in [0.1, 0.15) is 0 Å². The summed E-state index contributed by atoms with van der Waals surface area (Å²) < 4.78 is 0. The lowest BCUT2D eigenvalue weighted by Gasteiger charge is -2.02. The van der Waals surface area contributed by atoms with Crippen molar-refractivity contribution in [3.8, 4) is 0 Å². The van der Waals surface area contributed by atoms with E-state index in [1.165, 1.54) is 0 Å². The van der Waals surface area contributed by atoms with Crippen LogP contribution < -0.4 is 5.32 Å². The van der Waals surface area contributed by atoms with E-state index >= 15 is 0 Å². The zero-order valence-corrected chi connectivity index (χ0v) is 6.46. The van der Waals surface area contributed by atoms with Gasteiger partial charge in [0.25, 0.3) is 0 Å². The molecule has 0 aromatic carbocycles. The molecular weight excluding hydrogens is 158 g/mol. The summed E-state index contributed by atoms with van der Waals surface area (Å²) in [7, 11) is 0. The summed E-state index contributed by atoms with van der Waals surface area (Å²) >= 11 is 0. The molecule has 64 valence electrons. The fraction of sp³-hybridized carbons (Fsp3) is 1.00. The lowest BCUT2D eigenvalue weighted by Crippen LogP contribution is -2.23. The van der Waals surface area contributed by atoms with Crippen LogP contribution in [0.15, 0.2) is 10.2 Å². The maximum atomic E-state index is 8.14. The topological polar surface area (TPSA) is 110 Å². The van der Waals surface area contributed by atoms with E-state index in [1.807, 2.05) is 0 Å². The predicted octanol–water partition coefficient (Wildman–Crippen LogP) is 1.34. The highest BCUT2D eigenvalue weighted by Crippen LogP contribution is 2.10. The maximum absolute atomic E-state index is 8.14. The Kier molecular flexibility index (Phi) is 3.22. The largest absolute Gasteiger partial charge is 0.313 e. The first-order chi connectivity index (χ1) is 5.86. The highest BCUT2D eigenvalue weighted by atomic mass is 15.2. The van der Waals surface area contributed by atoms with Gasteiger partial charge < -0.3 is 5.32 Å². The monoisotopic (exact) mass is 167 g/mol. The van der Waals surface area contributed by atoms with Crippen molar-refractivity contribution in [1.29, 1.82) is 0 Å². The Hall–Kier alpha value is -1.42. The first-order valence-corrected chi connectivity index (χ1v) is 3.65. The summed E-state index contributed by atoms with van der Waals surface area (Å²) in [5, 5.41) is 10.1. The van der Waals surface area contributed by atoms with Gasteiger partial charge in [-0.25, -0.2) is 0 Å². The summed E-state index contributed by atoms with van der Waals surface area (Å²) in [5.41, 5.74) is 16.2. The smallest absolute Gasteiger partial charge is 0.0513 e. The minimum absolute atomic E-state index is 0.00823. The quantitative estimate of drug-likeness (QED) is 0.381. The predicted molar refractivity (Wildman–Crippen MR) is 43.4 cm³/mol. The van der Waals surface area contributed by atoms with Crippen molar-refractivity contribution >= 4 is 0 Å². The zero-order valence-electron chi connectivity index (χ0n) is 6.46. The molecule has 1 aliphatic heterocycles. The van der Waals surface area contributed by atoms with Gasteiger partial charge in [-0.05, 0) is 17.5 Å². The SMILES string of the molecule is [N-]=[N+]=NC[C@@H]1C[C@H](N=[N+]=[N-])CN1. The van der Waals surface area contributed by atoms with Crippen molar-refractivity contribution in [3.63, 3.8) is 0 Å². The number of hydrogen-bond acceptors (Lipinski definition) is 3. The van der Waals surface area contributed by atoms with Gasteiger partial charge in [0, 0.05) is 29.0 Å². The molecule has 7 nitrogen and oxygen atoms in total. The second-order valence-corrected chi connectivity index (χ2v) is 2.61. The fourth-order valence-corrected chi connectivity index (χ4v) is 1.23. The van der Waals surface area contributed by atoms with Gasteiger partial charge in [-0.1, -0.05) is 10.2 Å². The Morgan fingerprint density at radius 1 is 1.42 bits per heavy atom. The van der Waals surface area contributed by atoms with Gasteiger partial charge in [0.15, 0.2) is 0 Å². The Morgan fingerprint density at radius 2 is 2.25 bits per heavy atom. The van der Waals surface area contributed by atoms with Crippen molar-refractivity contribution in [2.75, 3.05) is 13.1 Å². The highest BCUT2D eigenvalue weighted by molar-refractivity contribution is 4.87. The second kappa shape index (κ2) is 4.46. The molecule has 1 fully saturated rings. The molecular formula is C5H9N7. The standard InChI is InChI=1S/C5H9N7/c6-11-9-3-4-1-5(2-8-4)10-12-7/h4-5,8H,1-3H2/t4-,5-/m0/s1. The molecule has 0 radical (unpaired) electrons. The van der Waals surface area contributed by atoms with E-state index in [-0.39, 0.29) is 12.1 Å². The molecule has 0 aromatic rings. The molecule has 12 heavy (non-hydrogen) atoms. The minimum Gasteiger partial charge on any atom is -0.313 e. The molecule has 1 rings (SSSR count). The van der Waals surface area contributed by atoms with Crippen molar-refractivity contribution < 1.29 is 0 Å². The van der Waals surface area contributed by atoms with Gasteiger partial charge in [0.05, 0.1) is 6.04 Å². The van der Waals surface area contributed by atoms with Crippen LogP contribution in [0.3, 0.4) is 0 Å². The number of azide groups is 2. The van der Waals surface area contributed by atoms with E-state index in [9.17, 15) is 0 Å². The fourth-order valence-electron chi connectivity index (χ4n) is 1.23. The lowest BCUT2D eigenvalue weighted by molar-refractivity contribution is 0.608. The third kappa shape index (κ3) is 2.32. The molecule has 2 atom stereocenters. The lowest BCUT2D eigenvalue weighted by atomic mass is 10.2. The molecule has 1 saturated heterocycles. The van der Waals surface area contributed by atoms with Crippen LogP contribution in [0.1, 0.15) is 6.42 Å². The van der Waals surface area contributed by atoms with Crippen LogP contribution in [0.4, 0.5) is 0 Å². The van der Waals surface area contributed by atoms with Crippen LogP contribution in [0.2, 0.25) is 0 Å². The molecule has 0 aliphatic carbocycles. The highest BCUT2D eigenvalue weighted by Gasteiger charge is 2.21. The third-order valence-corrected chi connectivity index (χ3v) is 1.78. The average molecular weight is 167 g/mol. The Labute approximate surface area is 69.0 Å². The number of nitrogens with zero attached hydrogens (tertiary/aromatic N) is 6. The summed E-state index contributed by atoms with van der Waals surface area (Å²) in [6.45, 7) is 1.10. The molecule has 0 amide bonds. The second-order valence-electron chi connectivity index (χ2n) is 2.61. The van der Waals surface area contributed by atoms with E-state index in [0.717, 1.165) is 6.42 Å². The van der Waals surface area contributed by atoms with E-state index in [2.05, 4.69) is 25.4 Å². The van der Waals surface area contributed by atoms with Crippen LogP contribution in [-0.4, -0.2) is 25.2 Å². The summed E-state index contributed by atoms with van der Waals surface area (Å²) in [6.07, 6.45) is 0.753. The number of rotatable bonds is 3. The van der Waals surface area contributed by atoms with Gasteiger partial charge in [-0.3, -0.25) is 0 Å². The Balaban J connectivity index is 2.34. The van der Waals surface area contributed by atoms with E-state index < -0.39 is 0 Å². The Bertz CT molecular complexity index is 236. The summed E-state index contributed by atoms with van der Waals surface area (Å²) in [4.78, 5) is 5.37. The molecule has 7 heteroatoms. The van der Waals surface area contributed by atoms with Crippen LogP contribution in [0.5, 0.6) is 0 Å². The van der Waals surface area contributed by atoms with Gasteiger partial charge in [-0.15, -0.1) is 0 Å². The zero-order chi connectivity index (χ0) is 8.81. The minimum atomic E-state index is 0.00823. The number of hydrogen-bond donors (Lipinski definition) is 1. The van der Waals surface area contributed by atoms with Crippen molar-refractivity contribution in [3.05, 3.63) is 20.9 Å². The molecule has 1 N–H and O–H groups in total. The van der Waals surface area contributed by atoms with E-state index in [4.69, 9.17) is 11.1 Å². The molecule has 0 saturated carbocycles. The first kappa shape index (κ1) is 8.67. The van der Waals surface area contributed by atoms with Gasteiger partial charge in [0.2, 0.25) is 0 Å². The third-order valence-electron chi connectivity index (χ3n) is 1.78. The molecule has 1 aliphatic rings. The van der Waals surface area contributed by atoms with E-state index in [0.29, 0.717) is 13.1 Å². The molecule has 0 bridgehead atoms. The van der Waals surface area contributed by atoms with Crippen LogP contribution in [-0.2, 0) is 0 Å². The van der Waals surface area contributed by atoms with Crippen molar-refractivity contribution in [1.82, 2.24) is 5.32 Å². The van der Waals surface area contributed by atoms with E-state index in [1.54, 1.807) is 0 Å². The van der Waals surface area contributed by atoms with Gasteiger partial charge >= 0.3 is 0 Å². The maximum Gasteiger partial charge on any atom is 0.0513 e. The molecule has 0 unspecified atom stereocenters. The Morgan fingerprint density at radius 3 is 2.92 bits per heavy atom. The molecule has 0 aromatic heterocycles. The van der Waals surface area contributed by atoms with Crippen LogP contribution in [0.25, 0.3) is 20.9 Å². The average Bonchev–Trinajstić information content (AvgIpc) is 2.50. The number of nitrogens with one attached hydrogen (secondary N) is 1. The first-order valence-electron chi connectivity index (χ1n) is 3.65. The van der Waals surface area contributed by atoms with Gasteiger partial charge in [-0.2, -0.15) is 0 Å². The van der Waals surface area contributed by atoms with Crippen LogP contribution in [0, 0.1) is 0 Å². The van der Waals surface area contributed by atoms with Crippen molar-refractivity contribution in [2.45, 2.75) is 18.5 Å². The summed E-state index contributed by atoms with van der Waals surface area (Å²) in [5.74, 6) is 0. The normalized spacial score (nSPS) is 27.3.